The number of carbonyl (C=O) groups is 1. The van der Waals surface area contributed by atoms with E-state index in [9.17, 15) is 4.79 Å². The Balaban J connectivity index is 2.38. The van der Waals surface area contributed by atoms with Gasteiger partial charge in [-0.25, -0.2) is 0 Å². The van der Waals surface area contributed by atoms with Crippen LogP contribution in [0.15, 0.2) is 24.3 Å². The molecule has 3 N–H and O–H groups in total. The van der Waals surface area contributed by atoms with E-state index >= 15 is 0 Å². The lowest BCUT2D eigenvalue weighted by molar-refractivity contribution is -0.125. The van der Waals surface area contributed by atoms with E-state index in [1.165, 1.54) is 5.56 Å². The lowest BCUT2D eigenvalue weighted by Gasteiger charge is -2.14. The highest BCUT2D eigenvalue weighted by molar-refractivity contribution is 5.77. The van der Waals surface area contributed by atoms with E-state index in [4.69, 9.17) is 10.5 Å². The summed E-state index contributed by atoms with van der Waals surface area (Å²) in [6, 6.07) is 8.05. The molecule has 1 atom stereocenters. The van der Waals surface area contributed by atoms with Gasteiger partial charge in [0.15, 0.2) is 0 Å². The number of rotatable bonds is 8. The fourth-order valence-corrected chi connectivity index (χ4v) is 1.83. The van der Waals surface area contributed by atoms with E-state index in [1.54, 1.807) is 0 Å². The van der Waals surface area contributed by atoms with Crippen LogP contribution in [0.1, 0.15) is 50.3 Å². The Bertz CT molecular complexity index is 401. The van der Waals surface area contributed by atoms with E-state index < -0.39 is 0 Å². The van der Waals surface area contributed by atoms with Crippen LogP contribution in [-0.4, -0.2) is 25.7 Å². The normalized spacial score (nSPS) is 12.4. The minimum absolute atomic E-state index is 0.104. The molecule has 20 heavy (non-hydrogen) atoms. The van der Waals surface area contributed by atoms with Crippen molar-refractivity contribution >= 4 is 5.91 Å². The number of carbonyl (C=O) groups excluding carboxylic acids is 1. The molecule has 4 nitrogen and oxygen atoms in total. The molecular formula is C16H26N2O2. The highest BCUT2D eigenvalue weighted by atomic mass is 16.5. The molecule has 0 radical (unpaired) electrons. The van der Waals surface area contributed by atoms with Crippen LogP contribution < -0.4 is 11.1 Å². The summed E-state index contributed by atoms with van der Waals surface area (Å²) in [5.41, 5.74) is 8.39. The van der Waals surface area contributed by atoms with Gasteiger partial charge in [0.05, 0.1) is 0 Å². The van der Waals surface area contributed by atoms with Crippen molar-refractivity contribution in [2.75, 3.05) is 19.8 Å². The van der Waals surface area contributed by atoms with E-state index in [0.29, 0.717) is 19.1 Å². The van der Waals surface area contributed by atoms with E-state index in [-0.39, 0.29) is 18.6 Å². The Morgan fingerprint density at radius 1 is 1.25 bits per heavy atom. The van der Waals surface area contributed by atoms with E-state index in [1.807, 2.05) is 19.1 Å². The lowest BCUT2D eigenvalue weighted by atomic mass is 9.99. The molecule has 0 aliphatic carbocycles. The van der Waals surface area contributed by atoms with Gasteiger partial charge < -0.3 is 15.8 Å². The number of amides is 1. The Labute approximate surface area is 121 Å². The van der Waals surface area contributed by atoms with Crippen molar-refractivity contribution in [3.63, 3.8) is 0 Å². The van der Waals surface area contributed by atoms with E-state index in [0.717, 1.165) is 12.0 Å². The average Bonchev–Trinajstić information content (AvgIpc) is 2.45. The van der Waals surface area contributed by atoms with Gasteiger partial charge in [0.1, 0.15) is 6.61 Å². The van der Waals surface area contributed by atoms with Gasteiger partial charge in [0.2, 0.25) is 5.91 Å². The standard InChI is InChI=1S/C16H26N2O2/c1-4-9-20-11-16(19)18-10-15(17)14-7-5-13(6-8-14)12(2)3/h5-8,12,15H,4,9-11,17H2,1-3H3,(H,18,19). The zero-order chi connectivity index (χ0) is 15.0. The molecule has 0 saturated carbocycles. The quantitative estimate of drug-likeness (QED) is 0.717. The van der Waals surface area contributed by atoms with Crippen molar-refractivity contribution in [3.8, 4) is 0 Å². The van der Waals surface area contributed by atoms with Crippen molar-refractivity contribution in [2.24, 2.45) is 5.73 Å². The molecule has 0 heterocycles. The van der Waals surface area contributed by atoms with Crippen molar-refractivity contribution < 1.29 is 9.53 Å². The highest BCUT2D eigenvalue weighted by Gasteiger charge is 2.09. The Kier molecular flexibility index (Phi) is 7.26. The smallest absolute Gasteiger partial charge is 0.246 e. The second-order valence-corrected chi connectivity index (χ2v) is 5.28. The van der Waals surface area contributed by atoms with Crippen LogP contribution in [-0.2, 0) is 9.53 Å². The Hall–Kier alpha value is -1.39. The van der Waals surface area contributed by atoms with Crippen LogP contribution in [0.25, 0.3) is 0 Å². The summed E-state index contributed by atoms with van der Waals surface area (Å²) < 4.78 is 5.17. The average molecular weight is 278 g/mol. The first-order chi connectivity index (χ1) is 9.54. The largest absolute Gasteiger partial charge is 0.372 e. The van der Waals surface area contributed by atoms with Crippen LogP contribution in [0.3, 0.4) is 0 Å². The highest BCUT2D eigenvalue weighted by Crippen LogP contribution is 2.17. The zero-order valence-electron chi connectivity index (χ0n) is 12.7. The summed E-state index contributed by atoms with van der Waals surface area (Å²) >= 11 is 0. The fourth-order valence-electron chi connectivity index (χ4n) is 1.83. The number of benzene rings is 1. The third kappa shape index (κ3) is 5.72. The molecule has 0 saturated heterocycles. The van der Waals surface area contributed by atoms with Gasteiger partial charge in [-0.05, 0) is 23.5 Å². The first kappa shape index (κ1) is 16.7. The van der Waals surface area contributed by atoms with Gasteiger partial charge in [-0.3, -0.25) is 4.79 Å². The number of nitrogens with one attached hydrogen (secondary N) is 1. The SMILES string of the molecule is CCCOCC(=O)NCC(N)c1ccc(C(C)C)cc1. The molecule has 1 unspecified atom stereocenters. The van der Waals surface area contributed by atoms with Gasteiger partial charge in [-0.2, -0.15) is 0 Å². The monoisotopic (exact) mass is 278 g/mol. The second kappa shape index (κ2) is 8.72. The minimum Gasteiger partial charge on any atom is -0.372 e. The molecule has 0 aromatic heterocycles. The van der Waals surface area contributed by atoms with Crippen LogP contribution >= 0.6 is 0 Å². The summed E-state index contributed by atoms with van der Waals surface area (Å²) in [6.07, 6.45) is 0.912. The molecule has 0 spiro atoms. The maximum absolute atomic E-state index is 11.5. The van der Waals surface area contributed by atoms with Gasteiger partial charge in [0, 0.05) is 19.2 Å². The molecule has 4 heteroatoms. The van der Waals surface area contributed by atoms with Crippen LogP contribution in [0, 0.1) is 0 Å². The topological polar surface area (TPSA) is 64.3 Å². The molecule has 1 aromatic carbocycles. The van der Waals surface area contributed by atoms with Crippen LogP contribution in [0.4, 0.5) is 0 Å². The predicted molar refractivity (Wildman–Crippen MR) is 81.6 cm³/mol. The van der Waals surface area contributed by atoms with Crippen LogP contribution in [0.5, 0.6) is 0 Å². The molecular weight excluding hydrogens is 252 g/mol. The summed E-state index contributed by atoms with van der Waals surface area (Å²) in [4.78, 5) is 11.5. The van der Waals surface area contributed by atoms with E-state index in [2.05, 4.69) is 31.3 Å². The van der Waals surface area contributed by atoms with Crippen molar-refractivity contribution in [1.82, 2.24) is 5.32 Å². The van der Waals surface area contributed by atoms with Crippen molar-refractivity contribution in [1.29, 1.82) is 0 Å². The molecule has 1 amide bonds. The molecule has 0 aliphatic rings. The van der Waals surface area contributed by atoms with Crippen molar-refractivity contribution in [2.45, 2.75) is 39.2 Å². The Morgan fingerprint density at radius 2 is 1.85 bits per heavy atom. The Morgan fingerprint density at radius 3 is 2.40 bits per heavy atom. The summed E-state index contributed by atoms with van der Waals surface area (Å²) in [6.45, 7) is 7.46. The maximum Gasteiger partial charge on any atom is 0.246 e. The minimum atomic E-state index is -0.189. The predicted octanol–water partition coefficient (Wildman–Crippen LogP) is 2.35. The van der Waals surface area contributed by atoms with Gasteiger partial charge in [-0.15, -0.1) is 0 Å². The third-order valence-electron chi connectivity index (χ3n) is 3.13. The van der Waals surface area contributed by atoms with Crippen molar-refractivity contribution in [3.05, 3.63) is 35.4 Å². The zero-order valence-corrected chi connectivity index (χ0v) is 12.7. The second-order valence-electron chi connectivity index (χ2n) is 5.28. The number of hydrogen-bond acceptors (Lipinski definition) is 3. The molecule has 0 bridgehead atoms. The van der Waals surface area contributed by atoms with Gasteiger partial charge in [-0.1, -0.05) is 45.0 Å². The lowest BCUT2D eigenvalue weighted by Crippen LogP contribution is -2.34. The molecule has 0 aliphatic heterocycles. The summed E-state index contributed by atoms with van der Waals surface area (Å²) in [5, 5.41) is 2.79. The van der Waals surface area contributed by atoms with Gasteiger partial charge in [0.25, 0.3) is 0 Å². The maximum atomic E-state index is 11.5. The first-order valence-corrected chi connectivity index (χ1v) is 7.24. The van der Waals surface area contributed by atoms with Gasteiger partial charge >= 0.3 is 0 Å². The number of ether oxygens (including phenoxy) is 1. The number of nitrogens with two attached hydrogens (primary N) is 1. The number of hydrogen-bond donors (Lipinski definition) is 2. The molecule has 1 aromatic rings. The summed E-state index contributed by atoms with van der Waals surface area (Å²) in [5.74, 6) is 0.392. The summed E-state index contributed by atoms with van der Waals surface area (Å²) in [7, 11) is 0. The first-order valence-electron chi connectivity index (χ1n) is 7.24. The fraction of sp³-hybridized carbons (Fsp3) is 0.562. The molecule has 112 valence electrons. The third-order valence-corrected chi connectivity index (χ3v) is 3.13. The molecule has 0 fully saturated rings. The van der Waals surface area contributed by atoms with Crippen LogP contribution in [0.2, 0.25) is 0 Å². The molecule has 1 rings (SSSR count).